The lowest BCUT2D eigenvalue weighted by atomic mass is 10.2. The van der Waals surface area contributed by atoms with Crippen molar-refractivity contribution in [2.24, 2.45) is 0 Å². The minimum atomic E-state index is 0.502. The molecule has 1 aromatic carbocycles. The highest BCUT2D eigenvalue weighted by Gasteiger charge is 2.07. The second-order valence-electron chi connectivity index (χ2n) is 4.71. The van der Waals surface area contributed by atoms with Gasteiger partial charge in [-0.05, 0) is 17.3 Å². The molecule has 0 amide bonds. The Kier molecular flexibility index (Phi) is 2.71. The third-order valence-electron chi connectivity index (χ3n) is 3.20. The Labute approximate surface area is 120 Å². The van der Waals surface area contributed by atoms with Crippen LogP contribution in [0.15, 0.2) is 60.9 Å². The maximum absolute atomic E-state index is 4.52. The molecule has 6 heteroatoms. The predicted octanol–water partition coefficient (Wildman–Crippen LogP) is 2.04. The normalized spacial score (nSPS) is 11.0. The van der Waals surface area contributed by atoms with Crippen molar-refractivity contribution in [2.75, 3.05) is 0 Å². The summed E-state index contributed by atoms with van der Waals surface area (Å²) in [4.78, 5) is 6.08. The highest BCUT2D eigenvalue weighted by atomic mass is 15.6. The SMILES string of the molecule is c1ccc(-c2nnn(Cc3cn4ccccc4n3)n2)cc1. The van der Waals surface area contributed by atoms with Crippen molar-refractivity contribution in [3.8, 4) is 11.4 Å². The summed E-state index contributed by atoms with van der Waals surface area (Å²) in [6.45, 7) is 0.502. The van der Waals surface area contributed by atoms with E-state index >= 15 is 0 Å². The van der Waals surface area contributed by atoms with Crippen LogP contribution in [0.1, 0.15) is 5.69 Å². The van der Waals surface area contributed by atoms with Crippen molar-refractivity contribution >= 4 is 5.65 Å². The Hall–Kier alpha value is -3.02. The molecule has 0 bridgehead atoms. The molecule has 3 heterocycles. The van der Waals surface area contributed by atoms with E-state index in [-0.39, 0.29) is 0 Å². The number of benzene rings is 1. The summed E-state index contributed by atoms with van der Waals surface area (Å²) in [6, 6.07) is 15.7. The van der Waals surface area contributed by atoms with E-state index in [2.05, 4.69) is 20.4 Å². The van der Waals surface area contributed by atoms with Crippen molar-refractivity contribution in [1.29, 1.82) is 0 Å². The topological polar surface area (TPSA) is 60.9 Å². The third kappa shape index (κ3) is 2.27. The number of aromatic nitrogens is 6. The summed E-state index contributed by atoms with van der Waals surface area (Å²) in [5.41, 5.74) is 2.77. The monoisotopic (exact) mass is 276 g/mol. The number of hydrogen-bond donors (Lipinski definition) is 0. The van der Waals surface area contributed by atoms with Crippen molar-refractivity contribution in [2.45, 2.75) is 6.54 Å². The largest absolute Gasteiger partial charge is 0.307 e. The lowest BCUT2D eigenvalue weighted by Crippen LogP contribution is -2.04. The first-order valence-corrected chi connectivity index (χ1v) is 6.64. The van der Waals surface area contributed by atoms with Gasteiger partial charge in [0, 0.05) is 18.0 Å². The number of nitrogens with zero attached hydrogens (tertiary/aromatic N) is 6. The molecule has 0 spiro atoms. The molecule has 102 valence electrons. The number of hydrogen-bond acceptors (Lipinski definition) is 4. The Morgan fingerprint density at radius 1 is 0.952 bits per heavy atom. The molecule has 4 aromatic rings. The number of tetrazole rings is 1. The molecule has 0 unspecified atom stereocenters. The molecule has 0 atom stereocenters. The summed E-state index contributed by atoms with van der Waals surface area (Å²) in [6.07, 6.45) is 3.94. The van der Waals surface area contributed by atoms with E-state index in [4.69, 9.17) is 0 Å². The van der Waals surface area contributed by atoms with Gasteiger partial charge in [0.25, 0.3) is 0 Å². The molecule has 0 N–H and O–H groups in total. The number of imidazole rings is 1. The minimum absolute atomic E-state index is 0.502. The van der Waals surface area contributed by atoms with E-state index in [1.807, 2.05) is 65.3 Å². The van der Waals surface area contributed by atoms with Gasteiger partial charge in [0.05, 0.1) is 5.69 Å². The molecule has 0 saturated carbocycles. The molecule has 4 rings (SSSR count). The van der Waals surface area contributed by atoms with Gasteiger partial charge in [-0.1, -0.05) is 36.4 Å². The highest BCUT2D eigenvalue weighted by molar-refractivity contribution is 5.53. The van der Waals surface area contributed by atoms with Crippen LogP contribution in [-0.4, -0.2) is 29.6 Å². The van der Waals surface area contributed by atoms with Crippen molar-refractivity contribution in [3.05, 3.63) is 66.6 Å². The van der Waals surface area contributed by atoms with Crippen LogP contribution in [0.5, 0.6) is 0 Å². The molecule has 0 radical (unpaired) electrons. The Balaban J connectivity index is 1.61. The molecular weight excluding hydrogens is 264 g/mol. The van der Waals surface area contributed by atoms with Crippen molar-refractivity contribution < 1.29 is 0 Å². The van der Waals surface area contributed by atoms with Crippen LogP contribution in [0.2, 0.25) is 0 Å². The van der Waals surface area contributed by atoms with Crippen molar-refractivity contribution in [3.63, 3.8) is 0 Å². The zero-order valence-corrected chi connectivity index (χ0v) is 11.2. The van der Waals surface area contributed by atoms with Gasteiger partial charge in [-0.15, -0.1) is 10.2 Å². The zero-order chi connectivity index (χ0) is 14.1. The van der Waals surface area contributed by atoms with Crippen LogP contribution < -0.4 is 0 Å². The van der Waals surface area contributed by atoms with E-state index in [0.29, 0.717) is 12.4 Å². The lowest BCUT2D eigenvalue weighted by molar-refractivity contribution is 0.566. The number of rotatable bonds is 3. The first kappa shape index (κ1) is 11.8. The van der Waals surface area contributed by atoms with E-state index in [1.165, 1.54) is 0 Å². The van der Waals surface area contributed by atoms with E-state index in [9.17, 15) is 0 Å². The molecule has 21 heavy (non-hydrogen) atoms. The second-order valence-corrected chi connectivity index (χ2v) is 4.71. The molecular formula is C15H12N6. The number of fused-ring (bicyclic) bond motifs is 1. The third-order valence-corrected chi connectivity index (χ3v) is 3.20. The van der Waals surface area contributed by atoms with Crippen LogP contribution in [0.3, 0.4) is 0 Å². The standard InChI is InChI=1S/C15H12N6/c1-2-6-12(7-3-1)15-17-19-21(18-15)11-13-10-20-9-5-4-8-14(20)16-13/h1-10H,11H2. The van der Waals surface area contributed by atoms with Gasteiger partial charge < -0.3 is 4.40 Å². The summed E-state index contributed by atoms with van der Waals surface area (Å²) in [5.74, 6) is 0.624. The first-order valence-electron chi connectivity index (χ1n) is 6.64. The fraction of sp³-hybridized carbons (Fsp3) is 0.0667. The maximum atomic E-state index is 4.52. The van der Waals surface area contributed by atoms with Crippen LogP contribution in [0, 0.1) is 0 Å². The zero-order valence-electron chi connectivity index (χ0n) is 11.2. The fourth-order valence-corrected chi connectivity index (χ4v) is 2.22. The first-order chi connectivity index (χ1) is 10.4. The quantitative estimate of drug-likeness (QED) is 0.574. The van der Waals surface area contributed by atoms with Crippen LogP contribution in [0.4, 0.5) is 0 Å². The highest BCUT2D eigenvalue weighted by Crippen LogP contribution is 2.12. The minimum Gasteiger partial charge on any atom is -0.307 e. The van der Waals surface area contributed by atoms with E-state index in [0.717, 1.165) is 16.9 Å². The lowest BCUT2D eigenvalue weighted by Gasteiger charge is -1.93. The summed E-state index contributed by atoms with van der Waals surface area (Å²) in [5, 5.41) is 12.6. The van der Waals surface area contributed by atoms with Crippen LogP contribution in [0.25, 0.3) is 17.0 Å². The summed E-state index contributed by atoms with van der Waals surface area (Å²) >= 11 is 0. The molecule has 0 aliphatic rings. The maximum Gasteiger partial charge on any atom is 0.204 e. The molecule has 0 saturated heterocycles. The predicted molar refractivity (Wildman–Crippen MR) is 77.5 cm³/mol. The van der Waals surface area contributed by atoms with E-state index < -0.39 is 0 Å². The Bertz CT molecular complexity index is 844. The van der Waals surface area contributed by atoms with E-state index in [1.54, 1.807) is 4.80 Å². The Morgan fingerprint density at radius 2 is 1.81 bits per heavy atom. The molecule has 3 aromatic heterocycles. The van der Waals surface area contributed by atoms with Crippen LogP contribution in [-0.2, 0) is 6.54 Å². The van der Waals surface area contributed by atoms with Gasteiger partial charge in [-0.2, -0.15) is 4.80 Å². The van der Waals surface area contributed by atoms with Gasteiger partial charge >= 0.3 is 0 Å². The summed E-state index contributed by atoms with van der Waals surface area (Å²) in [7, 11) is 0. The van der Waals surface area contributed by atoms with Gasteiger partial charge in [-0.25, -0.2) is 4.98 Å². The molecule has 0 aliphatic carbocycles. The second kappa shape index (κ2) is 4.82. The van der Waals surface area contributed by atoms with Crippen molar-refractivity contribution in [1.82, 2.24) is 29.6 Å². The van der Waals surface area contributed by atoms with Crippen LogP contribution >= 0.6 is 0 Å². The summed E-state index contributed by atoms with van der Waals surface area (Å²) < 4.78 is 1.98. The molecule has 0 fully saturated rings. The molecule has 6 nitrogen and oxygen atoms in total. The average Bonchev–Trinajstić information content (AvgIpc) is 3.14. The number of pyridine rings is 1. The fourth-order valence-electron chi connectivity index (χ4n) is 2.22. The smallest absolute Gasteiger partial charge is 0.204 e. The molecule has 0 aliphatic heterocycles. The van der Waals surface area contributed by atoms with Gasteiger partial charge in [0.2, 0.25) is 5.82 Å². The van der Waals surface area contributed by atoms with Gasteiger partial charge in [-0.3, -0.25) is 0 Å². The Morgan fingerprint density at radius 3 is 2.67 bits per heavy atom. The average molecular weight is 276 g/mol. The van der Waals surface area contributed by atoms with Gasteiger partial charge in [0.1, 0.15) is 12.2 Å². The van der Waals surface area contributed by atoms with Gasteiger partial charge in [0.15, 0.2) is 0 Å².